The molecule has 0 aliphatic heterocycles. The third kappa shape index (κ3) is 39.2. The Labute approximate surface area is 342 Å². The first-order valence-corrected chi connectivity index (χ1v) is 23.8. The highest BCUT2D eigenvalue weighted by Crippen LogP contribution is 2.38. The van der Waals surface area contributed by atoms with E-state index in [0.29, 0.717) is 17.4 Å². The number of esters is 2. The van der Waals surface area contributed by atoms with Crippen LogP contribution in [0.2, 0.25) is 0 Å². The van der Waals surface area contributed by atoms with E-state index < -0.39 is 32.5 Å². The number of ether oxygens (including phenoxy) is 2. The van der Waals surface area contributed by atoms with Crippen molar-refractivity contribution in [2.45, 2.75) is 199 Å². The zero-order chi connectivity index (χ0) is 41.6. The molecule has 0 saturated carbocycles. The summed E-state index contributed by atoms with van der Waals surface area (Å²) in [5.41, 5.74) is 0. The maximum absolute atomic E-state index is 12.7. The van der Waals surface area contributed by atoms with Gasteiger partial charge in [0.05, 0.1) is 27.7 Å². The summed E-state index contributed by atoms with van der Waals surface area (Å²) in [4.78, 5) is 42.1. The SMILES string of the molecule is CCCCCCCCCCCCCCCCCC(=O)OC[C@H](COP(=O)([O-])OCC[N+](C)(C)C)OC(=O)CCCCCCC/C=C\C=C\[C@H](CCCCC)OO. The number of phosphoric ester groups is 1. The summed E-state index contributed by atoms with van der Waals surface area (Å²) >= 11 is 0. The number of likely N-dealkylation sites (N-methyl/N-ethyl adjacent to an activating group) is 1. The van der Waals surface area contributed by atoms with Crippen molar-refractivity contribution >= 4 is 19.8 Å². The second kappa shape index (κ2) is 37.7. The molecule has 1 N–H and O–H groups in total. The van der Waals surface area contributed by atoms with E-state index in [1.807, 2.05) is 39.4 Å². The number of phosphoric acid groups is 1. The van der Waals surface area contributed by atoms with Crippen molar-refractivity contribution in [3.63, 3.8) is 0 Å². The van der Waals surface area contributed by atoms with E-state index in [0.717, 1.165) is 77.0 Å². The smallest absolute Gasteiger partial charge is 0.306 e. The summed E-state index contributed by atoms with van der Waals surface area (Å²) in [5, 5.41) is 9.03. The van der Waals surface area contributed by atoms with Crippen LogP contribution in [0.25, 0.3) is 0 Å². The summed E-state index contributed by atoms with van der Waals surface area (Å²) in [6.45, 7) is 4.04. The number of quaternary nitrogens is 1. The van der Waals surface area contributed by atoms with Gasteiger partial charge in [-0.3, -0.25) is 19.4 Å². The topological polar surface area (TPSA) is 141 Å². The molecular formula is C44H84NO10P. The third-order valence-electron chi connectivity index (χ3n) is 9.70. The van der Waals surface area contributed by atoms with Gasteiger partial charge in [-0.05, 0) is 32.1 Å². The molecule has 0 bridgehead atoms. The lowest BCUT2D eigenvalue weighted by molar-refractivity contribution is -0.870. The lowest BCUT2D eigenvalue weighted by atomic mass is 10.0. The molecule has 0 rings (SSSR count). The van der Waals surface area contributed by atoms with Gasteiger partial charge in [0.15, 0.2) is 6.10 Å². The third-order valence-corrected chi connectivity index (χ3v) is 10.7. The minimum atomic E-state index is -4.64. The van der Waals surface area contributed by atoms with Crippen molar-refractivity contribution < 1.29 is 52.2 Å². The molecule has 0 spiro atoms. The maximum atomic E-state index is 12.7. The van der Waals surface area contributed by atoms with Crippen LogP contribution in [-0.2, 0) is 37.6 Å². The first-order valence-electron chi connectivity index (χ1n) is 22.3. The first kappa shape index (κ1) is 54.4. The second-order valence-electron chi connectivity index (χ2n) is 16.3. The minimum absolute atomic E-state index is 0.0457. The van der Waals surface area contributed by atoms with Crippen molar-refractivity contribution in [2.75, 3.05) is 47.5 Å². The summed E-state index contributed by atoms with van der Waals surface area (Å²) in [6.07, 6.45) is 35.1. The number of nitrogens with zero attached hydrogens (tertiary/aromatic N) is 1. The highest BCUT2D eigenvalue weighted by atomic mass is 31.2. The van der Waals surface area contributed by atoms with Crippen LogP contribution in [0.15, 0.2) is 24.3 Å². The van der Waals surface area contributed by atoms with Gasteiger partial charge in [-0.25, -0.2) is 4.89 Å². The van der Waals surface area contributed by atoms with Crippen LogP contribution in [0.3, 0.4) is 0 Å². The first-order chi connectivity index (χ1) is 26.9. The number of hydrogen-bond acceptors (Lipinski definition) is 10. The normalized spacial score (nSPS) is 14.3. The Balaban J connectivity index is 4.44. The summed E-state index contributed by atoms with van der Waals surface area (Å²) < 4.78 is 33.8. The van der Waals surface area contributed by atoms with Gasteiger partial charge in [0.1, 0.15) is 25.9 Å². The minimum Gasteiger partial charge on any atom is -0.756 e. The Morgan fingerprint density at radius 2 is 1.16 bits per heavy atom. The van der Waals surface area contributed by atoms with Gasteiger partial charge in [-0.1, -0.05) is 167 Å². The average molecular weight is 818 g/mol. The second-order valence-corrected chi connectivity index (χ2v) is 17.8. The Hall–Kier alpha value is -1.59. The Morgan fingerprint density at radius 1 is 0.661 bits per heavy atom. The van der Waals surface area contributed by atoms with Gasteiger partial charge < -0.3 is 27.9 Å². The fourth-order valence-electron chi connectivity index (χ4n) is 6.10. The van der Waals surface area contributed by atoms with E-state index in [-0.39, 0.29) is 32.2 Å². The van der Waals surface area contributed by atoms with Gasteiger partial charge in [0.25, 0.3) is 7.82 Å². The molecule has 0 aromatic rings. The van der Waals surface area contributed by atoms with Gasteiger partial charge in [0.2, 0.25) is 0 Å². The molecule has 0 amide bonds. The van der Waals surface area contributed by atoms with Crippen LogP contribution in [0.5, 0.6) is 0 Å². The van der Waals surface area contributed by atoms with Crippen LogP contribution in [0.1, 0.15) is 187 Å². The molecule has 11 nitrogen and oxygen atoms in total. The number of rotatable bonds is 41. The molecule has 56 heavy (non-hydrogen) atoms. The number of allylic oxidation sites excluding steroid dienone is 3. The molecular weight excluding hydrogens is 733 g/mol. The molecule has 0 aliphatic rings. The molecule has 0 fully saturated rings. The number of carbonyl (C=O) groups excluding carboxylic acids is 2. The Bertz CT molecular complexity index is 1030. The van der Waals surface area contributed by atoms with E-state index in [9.17, 15) is 19.0 Å². The van der Waals surface area contributed by atoms with Crippen molar-refractivity contribution in [3.8, 4) is 0 Å². The summed E-state index contributed by atoms with van der Waals surface area (Å²) in [5.74, 6) is -0.889. The molecule has 0 aliphatic carbocycles. The fraction of sp³-hybridized carbons (Fsp3) is 0.864. The number of unbranched alkanes of at least 4 members (excludes halogenated alkanes) is 21. The van der Waals surface area contributed by atoms with Gasteiger partial charge in [0, 0.05) is 12.8 Å². The van der Waals surface area contributed by atoms with Crippen LogP contribution >= 0.6 is 7.82 Å². The molecule has 0 radical (unpaired) electrons. The van der Waals surface area contributed by atoms with Crippen LogP contribution in [0.4, 0.5) is 0 Å². The van der Waals surface area contributed by atoms with Crippen LogP contribution in [0, 0.1) is 0 Å². The number of carbonyl (C=O) groups is 2. The lowest BCUT2D eigenvalue weighted by Gasteiger charge is -2.28. The van der Waals surface area contributed by atoms with Crippen molar-refractivity contribution in [2.24, 2.45) is 0 Å². The van der Waals surface area contributed by atoms with Crippen molar-refractivity contribution in [1.82, 2.24) is 0 Å². The van der Waals surface area contributed by atoms with E-state index in [1.165, 1.54) is 77.0 Å². The highest BCUT2D eigenvalue weighted by molar-refractivity contribution is 7.45. The van der Waals surface area contributed by atoms with Crippen LogP contribution in [-0.4, -0.2) is 81.4 Å². The van der Waals surface area contributed by atoms with Gasteiger partial charge in [-0.2, -0.15) is 0 Å². The molecule has 12 heteroatoms. The zero-order valence-corrected chi connectivity index (χ0v) is 37.3. The fourth-order valence-corrected chi connectivity index (χ4v) is 6.83. The summed E-state index contributed by atoms with van der Waals surface area (Å²) in [7, 11) is 1.11. The van der Waals surface area contributed by atoms with Gasteiger partial charge in [-0.15, -0.1) is 0 Å². The predicted molar refractivity (Wildman–Crippen MR) is 225 cm³/mol. The Kier molecular flexibility index (Phi) is 36.6. The van der Waals surface area contributed by atoms with Gasteiger partial charge >= 0.3 is 11.9 Å². The van der Waals surface area contributed by atoms with E-state index >= 15 is 0 Å². The standard InChI is InChI=1S/C44H84NO10P/c1-6-8-10-11-12-13-14-15-16-17-18-21-24-27-31-35-43(46)51-39-42(40-53-56(49,50)52-38-37-45(3,4)5)54-44(47)36-32-28-25-22-19-20-23-26-30-34-41(55-48)33-29-9-7-2/h23,26,30,34,41-42H,6-22,24-25,27-29,31-33,35-40H2,1-5H3,(H-,48,49,50)/b26-23-,34-30+/t41-,42+/m0/s1. The molecule has 0 heterocycles. The largest absolute Gasteiger partial charge is 0.756 e. The molecule has 330 valence electrons. The monoisotopic (exact) mass is 818 g/mol. The maximum Gasteiger partial charge on any atom is 0.306 e. The van der Waals surface area contributed by atoms with E-state index in [2.05, 4.69) is 24.8 Å². The lowest BCUT2D eigenvalue weighted by Crippen LogP contribution is -2.37. The van der Waals surface area contributed by atoms with Crippen LogP contribution < -0.4 is 4.89 Å². The molecule has 0 saturated heterocycles. The van der Waals surface area contributed by atoms with Crippen molar-refractivity contribution in [1.29, 1.82) is 0 Å². The molecule has 1 unspecified atom stereocenters. The highest BCUT2D eigenvalue weighted by Gasteiger charge is 2.21. The predicted octanol–water partition coefficient (Wildman–Crippen LogP) is 11.2. The Morgan fingerprint density at radius 3 is 1.70 bits per heavy atom. The average Bonchev–Trinajstić information content (AvgIpc) is 3.15. The quantitative estimate of drug-likeness (QED) is 0.0121. The van der Waals surface area contributed by atoms with E-state index in [1.54, 1.807) is 0 Å². The zero-order valence-electron chi connectivity index (χ0n) is 36.4. The number of hydrogen-bond donors (Lipinski definition) is 1. The molecule has 3 atom stereocenters. The van der Waals surface area contributed by atoms with E-state index in [4.69, 9.17) is 23.8 Å². The molecule has 0 aromatic heterocycles. The summed E-state index contributed by atoms with van der Waals surface area (Å²) in [6, 6.07) is 0. The van der Waals surface area contributed by atoms with Crippen molar-refractivity contribution in [3.05, 3.63) is 24.3 Å². The molecule has 0 aromatic carbocycles.